The molecule has 4 rings (SSSR count). The fraction of sp³-hybridized carbons (Fsp3) is 0.571. The lowest BCUT2D eigenvalue weighted by Crippen LogP contribution is -2.45. The molecule has 0 radical (unpaired) electrons. The number of aliphatic carboxylic acids is 1. The third-order valence-corrected chi connectivity index (χ3v) is 7.80. The molecule has 0 saturated heterocycles. The van der Waals surface area contributed by atoms with Crippen LogP contribution in [0.4, 0.5) is 5.00 Å². The van der Waals surface area contributed by atoms with Gasteiger partial charge in [-0.25, -0.2) is 4.79 Å². The van der Waals surface area contributed by atoms with Crippen molar-refractivity contribution in [2.24, 2.45) is 23.2 Å². The molecule has 1 saturated carbocycles. The number of carbonyl (C=O) groups excluding carboxylic acids is 2. The Morgan fingerprint density at radius 1 is 1.29 bits per heavy atom. The summed E-state index contributed by atoms with van der Waals surface area (Å²) in [4.78, 5) is 38.9. The van der Waals surface area contributed by atoms with Crippen molar-refractivity contribution in [3.8, 4) is 0 Å². The Morgan fingerprint density at radius 2 is 2.04 bits per heavy atom. The van der Waals surface area contributed by atoms with E-state index in [1.807, 2.05) is 12.2 Å². The van der Waals surface area contributed by atoms with Crippen molar-refractivity contribution in [2.45, 2.75) is 46.0 Å². The van der Waals surface area contributed by atoms with Gasteiger partial charge in [-0.05, 0) is 63.4 Å². The highest BCUT2D eigenvalue weighted by Gasteiger charge is 2.60. The van der Waals surface area contributed by atoms with Crippen LogP contribution in [0.15, 0.2) is 12.2 Å². The molecule has 0 aliphatic heterocycles. The SMILES string of the molecule is CCOC(=O)c1c(NC(=O)[C@@H]2[C@H]3C=C[C@@H](C3)[C@]2(C)C(=O)O)sc2c1CCCC2. The first-order valence-corrected chi connectivity index (χ1v) is 10.7. The van der Waals surface area contributed by atoms with E-state index < -0.39 is 23.3 Å². The van der Waals surface area contributed by atoms with E-state index in [0.717, 1.165) is 36.1 Å². The maximum atomic E-state index is 13.2. The number of aryl methyl sites for hydroxylation is 1. The summed E-state index contributed by atoms with van der Waals surface area (Å²) in [6.45, 7) is 3.69. The smallest absolute Gasteiger partial charge is 0.341 e. The number of hydrogen-bond acceptors (Lipinski definition) is 5. The molecule has 4 atom stereocenters. The molecule has 150 valence electrons. The monoisotopic (exact) mass is 403 g/mol. The Morgan fingerprint density at radius 3 is 2.75 bits per heavy atom. The van der Waals surface area contributed by atoms with Crippen molar-refractivity contribution in [1.82, 2.24) is 0 Å². The first kappa shape index (κ1) is 19.2. The second kappa shape index (κ2) is 7.03. The van der Waals surface area contributed by atoms with Crippen molar-refractivity contribution in [1.29, 1.82) is 0 Å². The van der Waals surface area contributed by atoms with Crippen molar-refractivity contribution in [3.63, 3.8) is 0 Å². The molecule has 0 unspecified atom stereocenters. The standard InChI is InChI=1S/C21H25NO5S/c1-3-27-19(24)15-13-6-4-5-7-14(13)28-18(15)22-17(23)16-11-8-9-12(10-11)21(16,2)20(25)26/h8-9,11-12,16H,3-7,10H2,1-2H3,(H,22,23)(H,25,26)/t11-,12-,16-,21-/m0/s1. The Labute approximate surface area is 168 Å². The topological polar surface area (TPSA) is 92.7 Å². The number of carbonyl (C=O) groups is 3. The lowest BCUT2D eigenvalue weighted by Gasteiger charge is -2.33. The van der Waals surface area contributed by atoms with Crippen LogP contribution in [0.25, 0.3) is 0 Å². The number of anilines is 1. The zero-order valence-corrected chi connectivity index (χ0v) is 16.9. The molecule has 1 amide bonds. The number of allylic oxidation sites excluding steroid dienone is 2. The minimum atomic E-state index is -1.12. The molecule has 1 aromatic heterocycles. The van der Waals surface area contributed by atoms with Crippen LogP contribution in [0, 0.1) is 23.2 Å². The quantitative estimate of drug-likeness (QED) is 0.578. The Kier molecular flexibility index (Phi) is 4.81. The lowest BCUT2D eigenvalue weighted by molar-refractivity contribution is -0.155. The maximum Gasteiger partial charge on any atom is 0.341 e. The molecule has 1 heterocycles. The van der Waals surface area contributed by atoms with Gasteiger partial charge in [0.1, 0.15) is 5.00 Å². The highest BCUT2D eigenvalue weighted by molar-refractivity contribution is 7.17. The molecule has 0 spiro atoms. The summed E-state index contributed by atoms with van der Waals surface area (Å²) in [5, 5.41) is 13.3. The van der Waals surface area contributed by atoms with Gasteiger partial charge in [0.2, 0.25) is 5.91 Å². The van der Waals surface area contributed by atoms with Crippen molar-refractivity contribution >= 4 is 34.2 Å². The minimum Gasteiger partial charge on any atom is -0.481 e. The van der Waals surface area contributed by atoms with Crippen molar-refractivity contribution < 1.29 is 24.2 Å². The van der Waals surface area contributed by atoms with Crippen molar-refractivity contribution in [3.05, 3.63) is 28.2 Å². The average Bonchev–Trinajstić information content (AvgIpc) is 3.33. The van der Waals surface area contributed by atoms with E-state index in [4.69, 9.17) is 4.74 Å². The summed E-state index contributed by atoms with van der Waals surface area (Å²) in [6.07, 6.45) is 8.36. The number of hydrogen-bond donors (Lipinski definition) is 2. The predicted molar refractivity (Wildman–Crippen MR) is 106 cm³/mol. The molecule has 6 nitrogen and oxygen atoms in total. The minimum absolute atomic E-state index is 0.0771. The number of esters is 1. The molecular weight excluding hydrogens is 378 g/mol. The molecule has 3 aliphatic rings. The fourth-order valence-electron chi connectivity index (χ4n) is 5.12. The number of rotatable bonds is 5. The van der Waals surface area contributed by atoms with Gasteiger partial charge in [0.05, 0.1) is 23.5 Å². The summed E-state index contributed by atoms with van der Waals surface area (Å²) in [5.41, 5.74) is 0.328. The van der Waals surface area contributed by atoms with Gasteiger partial charge in [-0.15, -0.1) is 11.3 Å². The number of nitrogens with one attached hydrogen (secondary N) is 1. The molecule has 1 fully saturated rings. The third kappa shape index (κ3) is 2.79. The third-order valence-electron chi connectivity index (χ3n) is 6.59. The van der Waals surface area contributed by atoms with E-state index in [0.29, 0.717) is 17.0 Å². The van der Waals surface area contributed by atoms with Gasteiger partial charge in [-0.2, -0.15) is 0 Å². The highest BCUT2D eigenvalue weighted by atomic mass is 32.1. The first-order chi connectivity index (χ1) is 13.4. The molecule has 7 heteroatoms. The summed E-state index contributed by atoms with van der Waals surface area (Å²) < 4.78 is 5.24. The highest BCUT2D eigenvalue weighted by Crippen LogP contribution is 2.56. The summed E-state index contributed by atoms with van der Waals surface area (Å²) in [5.74, 6) is -2.52. The van der Waals surface area contributed by atoms with Gasteiger partial charge < -0.3 is 15.2 Å². The van der Waals surface area contributed by atoms with Crippen LogP contribution in [0.1, 0.15) is 53.9 Å². The Hall–Kier alpha value is -2.15. The summed E-state index contributed by atoms with van der Waals surface area (Å²) in [6, 6.07) is 0. The average molecular weight is 404 g/mol. The number of thiophene rings is 1. The predicted octanol–water partition coefficient (Wildman–Crippen LogP) is 3.66. The van der Waals surface area contributed by atoms with E-state index >= 15 is 0 Å². The molecule has 28 heavy (non-hydrogen) atoms. The van der Waals surface area contributed by atoms with E-state index in [-0.39, 0.29) is 24.3 Å². The van der Waals surface area contributed by atoms with Gasteiger partial charge in [0.25, 0.3) is 0 Å². The molecule has 0 aromatic carbocycles. The summed E-state index contributed by atoms with van der Waals surface area (Å²) in [7, 11) is 0. The van der Waals surface area contributed by atoms with Gasteiger partial charge in [-0.3, -0.25) is 9.59 Å². The number of carboxylic acids is 1. The molecule has 2 bridgehead atoms. The lowest BCUT2D eigenvalue weighted by atomic mass is 9.69. The van der Waals surface area contributed by atoms with Crippen LogP contribution in [0.2, 0.25) is 0 Å². The molecule has 1 aromatic rings. The van der Waals surface area contributed by atoms with Crippen LogP contribution >= 0.6 is 11.3 Å². The van der Waals surface area contributed by atoms with Crippen LogP contribution in [0.3, 0.4) is 0 Å². The number of carboxylic acid groups (broad SMARTS) is 1. The van der Waals surface area contributed by atoms with Crippen molar-refractivity contribution in [2.75, 3.05) is 11.9 Å². The zero-order valence-electron chi connectivity index (χ0n) is 16.1. The normalized spacial score (nSPS) is 30.1. The van der Waals surface area contributed by atoms with Gasteiger partial charge in [-0.1, -0.05) is 12.2 Å². The fourth-order valence-corrected chi connectivity index (χ4v) is 6.40. The Balaban J connectivity index is 1.67. The van der Waals surface area contributed by atoms with Crippen LogP contribution in [-0.4, -0.2) is 29.6 Å². The Bertz CT molecular complexity index is 872. The number of amides is 1. The summed E-state index contributed by atoms with van der Waals surface area (Å²) >= 11 is 1.43. The molecular formula is C21H25NO5S. The van der Waals surface area contributed by atoms with E-state index in [2.05, 4.69) is 5.32 Å². The molecule has 2 N–H and O–H groups in total. The zero-order chi connectivity index (χ0) is 20.1. The first-order valence-electron chi connectivity index (χ1n) is 9.92. The largest absolute Gasteiger partial charge is 0.481 e. The number of fused-ring (bicyclic) bond motifs is 3. The van der Waals surface area contributed by atoms with E-state index in [1.165, 1.54) is 11.3 Å². The maximum absolute atomic E-state index is 13.2. The van der Waals surface area contributed by atoms with Crippen LogP contribution < -0.4 is 5.32 Å². The number of ether oxygens (including phenoxy) is 1. The van der Waals surface area contributed by atoms with Gasteiger partial charge in [0.15, 0.2) is 0 Å². The van der Waals surface area contributed by atoms with E-state index in [1.54, 1.807) is 13.8 Å². The van der Waals surface area contributed by atoms with Crippen LogP contribution in [-0.2, 0) is 27.2 Å². The second-order valence-corrected chi connectivity index (χ2v) is 9.19. The van der Waals surface area contributed by atoms with Crippen LogP contribution in [0.5, 0.6) is 0 Å². The second-order valence-electron chi connectivity index (χ2n) is 8.08. The van der Waals surface area contributed by atoms with Gasteiger partial charge in [0, 0.05) is 4.88 Å². The van der Waals surface area contributed by atoms with E-state index in [9.17, 15) is 19.5 Å². The van der Waals surface area contributed by atoms with Gasteiger partial charge >= 0.3 is 11.9 Å². The molecule has 3 aliphatic carbocycles.